The summed E-state index contributed by atoms with van der Waals surface area (Å²) in [5, 5.41) is 130. The summed E-state index contributed by atoms with van der Waals surface area (Å²) >= 11 is 0. The van der Waals surface area contributed by atoms with Crippen LogP contribution in [-0.2, 0) is 33.3 Å². The topological polar surface area (TPSA) is 344 Å². The van der Waals surface area contributed by atoms with E-state index >= 15 is 0 Å². The van der Waals surface area contributed by atoms with E-state index in [0.717, 1.165) is 22.3 Å². The Bertz CT molecular complexity index is 3030. The van der Waals surface area contributed by atoms with Gasteiger partial charge in [0.25, 0.3) is 0 Å². The fraction of sp³-hybridized carbons (Fsp3) is 0.486. The first-order chi connectivity index (χ1) is 43.6. The molecule has 3 aliphatic heterocycles. The van der Waals surface area contributed by atoms with E-state index in [-0.39, 0.29) is 49.8 Å². The van der Waals surface area contributed by atoms with Crippen molar-refractivity contribution in [2.75, 3.05) is 6.61 Å². The molecule has 1 amide bonds. The fourth-order valence-electron chi connectivity index (χ4n) is 12.1. The molecular weight excluding hydrogens is 1170 g/mol. The number of amides is 1. The molecule has 2 fully saturated rings. The number of nitrogens with one attached hydrogen (secondary N) is 1. The van der Waals surface area contributed by atoms with E-state index in [9.17, 15) is 70.7 Å². The average molecular weight is 1260 g/mol. The maximum absolute atomic E-state index is 14.6. The van der Waals surface area contributed by atoms with Crippen molar-refractivity contribution in [2.24, 2.45) is 22.9 Å². The maximum Gasteiger partial charge on any atom is 0.407 e. The number of Topliss-reactive ketones (excluding diaryl/α,β-unsaturated/α-hetero) is 1. The van der Waals surface area contributed by atoms with Crippen molar-refractivity contribution in [3.8, 4) is 11.1 Å². The predicted molar refractivity (Wildman–Crippen MR) is 338 cm³/mol. The third-order valence-electron chi connectivity index (χ3n) is 17.3. The Morgan fingerprint density at radius 2 is 1.21 bits per heavy atom. The number of fused-ring (bicyclic) bond motifs is 5. The smallest absolute Gasteiger partial charge is 0.407 e. The lowest BCUT2D eigenvalue weighted by Crippen LogP contribution is -2.64. The molecule has 21 heteroatoms. The third-order valence-corrected chi connectivity index (χ3v) is 17.3. The number of alkyl carbamates (subject to hydrolysis) is 1. The number of nitrogens with zero attached hydrogens (tertiary/aromatic N) is 1. The monoisotopic (exact) mass is 1260 g/mol. The zero-order valence-corrected chi connectivity index (χ0v) is 51.8. The van der Waals surface area contributed by atoms with Gasteiger partial charge in [0.05, 0.1) is 91.6 Å². The number of esters is 1. The summed E-state index contributed by atoms with van der Waals surface area (Å²) in [4.78, 5) is 41.1. The van der Waals surface area contributed by atoms with Crippen LogP contribution in [0.1, 0.15) is 108 Å². The van der Waals surface area contributed by atoms with Crippen molar-refractivity contribution in [1.29, 1.82) is 0 Å². The molecule has 0 radical (unpaired) electrons. The highest BCUT2D eigenvalue weighted by atomic mass is 16.7. The normalized spacial score (nSPS) is 34.0. The zero-order chi connectivity index (χ0) is 65.8. The highest BCUT2D eigenvalue weighted by Gasteiger charge is 2.51. The molecule has 0 unspecified atom stereocenters. The second kappa shape index (κ2) is 34.7. The van der Waals surface area contributed by atoms with E-state index in [1.165, 1.54) is 13.0 Å². The molecule has 21 nitrogen and oxygen atoms in total. The molecule has 2 saturated heterocycles. The molecule has 0 spiro atoms. The standard InChI is InChI=1S/C70H90N2O19/c1-42-24-16-13-11-9-7-5-6-8-10-12-14-19-27-50(90-68-67(83)64(66(82)45(4)89-68)71-69(84)87-41-55-53-30-22-20-28-51(53)52-29-21-23-31-54(52)55)37-61-63(59(78)38-56(72-86)46-25-17-15-18-26-46)60(79)40-70(85,91-61)39-49(75)35-58(77)57(76)33-32-47(73)34-48(74)36-62(80)88-44(3)43(2)65(42)81/h5-31,42-45,47-50,55,57-58,60-61,63-68,73-77,79,81-83,85-86H,32-41H2,1-4H3,(H,71,84)/t42-,43-,44-,45+,47+,48+,49-,50-,57+,58+,60-,61-,63+,64-,65+,66+,67-,68-,70+/m0/s1. The van der Waals surface area contributed by atoms with Crippen LogP contribution in [0.15, 0.2) is 169 Å². The highest BCUT2D eigenvalue weighted by Crippen LogP contribution is 2.45. The van der Waals surface area contributed by atoms with Gasteiger partial charge in [-0.3, -0.25) is 9.59 Å². The molecule has 494 valence electrons. The summed E-state index contributed by atoms with van der Waals surface area (Å²) in [5.41, 5.74) is 4.33. The van der Waals surface area contributed by atoms with Crippen molar-refractivity contribution < 1.29 is 94.3 Å². The molecule has 1 aliphatic carbocycles. The van der Waals surface area contributed by atoms with Gasteiger partial charge in [-0.25, -0.2) is 4.79 Å². The molecular formula is C70H90N2O19. The Morgan fingerprint density at radius 3 is 1.82 bits per heavy atom. The molecule has 3 aromatic carbocycles. The minimum atomic E-state index is -2.41. The second-order valence-corrected chi connectivity index (χ2v) is 24.2. The number of carbonyl (C=O) groups excluding carboxylic acids is 3. The van der Waals surface area contributed by atoms with E-state index in [4.69, 9.17) is 23.7 Å². The number of aliphatic hydroxyl groups excluding tert-OH is 9. The van der Waals surface area contributed by atoms with Crippen LogP contribution in [0.4, 0.5) is 4.79 Å². The number of allylic oxidation sites excluding steroid dienone is 12. The second-order valence-electron chi connectivity index (χ2n) is 24.2. The average Bonchev–Trinajstić information content (AvgIpc) is 1.76. The molecule has 7 rings (SSSR count). The van der Waals surface area contributed by atoms with E-state index in [1.54, 1.807) is 111 Å². The first-order valence-corrected chi connectivity index (χ1v) is 31.2. The minimum Gasteiger partial charge on any atom is -0.462 e. The number of hydrogen-bond acceptors (Lipinski definition) is 20. The number of oxime groups is 1. The van der Waals surface area contributed by atoms with Crippen LogP contribution < -0.4 is 5.32 Å². The Morgan fingerprint density at radius 1 is 0.626 bits per heavy atom. The molecule has 91 heavy (non-hydrogen) atoms. The lowest BCUT2D eigenvalue weighted by Gasteiger charge is -2.46. The molecule has 4 aliphatic rings. The van der Waals surface area contributed by atoms with E-state index in [2.05, 4.69) is 10.5 Å². The Kier molecular flexibility index (Phi) is 27.4. The predicted octanol–water partition coefficient (Wildman–Crippen LogP) is 6.04. The largest absolute Gasteiger partial charge is 0.462 e. The summed E-state index contributed by atoms with van der Waals surface area (Å²) in [6.07, 6.45) is 0.341. The number of ketones is 1. The van der Waals surface area contributed by atoms with Gasteiger partial charge in [0.15, 0.2) is 12.1 Å². The number of rotatable bonds is 9. The van der Waals surface area contributed by atoms with Gasteiger partial charge in [0.2, 0.25) is 0 Å². The van der Waals surface area contributed by atoms with Gasteiger partial charge in [-0.05, 0) is 60.9 Å². The lowest BCUT2D eigenvalue weighted by atomic mass is 9.79. The molecule has 3 aromatic rings. The summed E-state index contributed by atoms with van der Waals surface area (Å²) in [6.45, 7) is 6.66. The Labute approximate surface area is 531 Å². The summed E-state index contributed by atoms with van der Waals surface area (Å²) in [5.74, 6) is -6.39. The van der Waals surface area contributed by atoms with Crippen molar-refractivity contribution in [3.63, 3.8) is 0 Å². The summed E-state index contributed by atoms with van der Waals surface area (Å²) < 4.78 is 30.2. The van der Waals surface area contributed by atoms with Gasteiger partial charge < -0.3 is 85.3 Å². The van der Waals surface area contributed by atoms with Crippen LogP contribution in [0, 0.1) is 17.8 Å². The van der Waals surface area contributed by atoms with Crippen LogP contribution in [-0.4, -0.2) is 184 Å². The van der Waals surface area contributed by atoms with Crippen LogP contribution in [0.3, 0.4) is 0 Å². The van der Waals surface area contributed by atoms with Gasteiger partial charge in [0, 0.05) is 43.4 Å². The minimum absolute atomic E-state index is 0.0428. The SMILES string of the molecule is C[C@@H]1[C@H](O)[C@@H](C)C=CC=CC=CC=CC=CC=CC=C[C@H](O[C@@H]2O[C@H](C)[C@@H](O)[C@H](NC(=O)OCC3c4ccccc4-c4ccccc43)[C@@H]2O)C[C@@H]2O[C@](O)(C[C@@H](O)C[C@@H](O)[C@H](O)CC[C@@H](O)C[C@@H](O)CC(=O)O[C@H]1C)C[C@H](O)[C@H]2C(=O)CC(=NO)c1ccccc1. The Balaban J connectivity index is 1.14. The quantitative estimate of drug-likeness (QED) is 0.0502. The number of aliphatic hydroxyl groups is 10. The van der Waals surface area contributed by atoms with Crippen molar-refractivity contribution in [2.45, 2.75) is 189 Å². The molecule has 0 saturated carbocycles. The lowest BCUT2D eigenvalue weighted by molar-refractivity contribution is -0.307. The van der Waals surface area contributed by atoms with Crippen LogP contribution in [0.25, 0.3) is 11.1 Å². The highest BCUT2D eigenvalue weighted by molar-refractivity contribution is 6.11. The van der Waals surface area contributed by atoms with Gasteiger partial charge in [0.1, 0.15) is 30.7 Å². The van der Waals surface area contributed by atoms with Crippen LogP contribution in [0.2, 0.25) is 0 Å². The van der Waals surface area contributed by atoms with E-state index < -0.39 is 159 Å². The zero-order valence-electron chi connectivity index (χ0n) is 51.8. The third kappa shape index (κ3) is 20.6. The number of carbonyl (C=O) groups is 3. The van der Waals surface area contributed by atoms with E-state index in [0.29, 0.717) is 5.56 Å². The molecule has 3 heterocycles. The molecule has 0 aromatic heterocycles. The van der Waals surface area contributed by atoms with Crippen LogP contribution in [0.5, 0.6) is 0 Å². The number of ether oxygens (including phenoxy) is 5. The van der Waals surface area contributed by atoms with Crippen molar-refractivity contribution in [3.05, 3.63) is 181 Å². The first kappa shape index (κ1) is 71.6. The molecule has 19 atom stereocenters. The summed E-state index contributed by atoms with van der Waals surface area (Å²) in [6, 6.07) is 22.5. The maximum atomic E-state index is 14.6. The number of cyclic esters (lactones) is 1. The van der Waals surface area contributed by atoms with Gasteiger partial charge in [-0.2, -0.15) is 0 Å². The van der Waals surface area contributed by atoms with Crippen LogP contribution >= 0.6 is 0 Å². The summed E-state index contributed by atoms with van der Waals surface area (Å²) in [7, 11) is 0. The van der Waals surface area contributed by atoms with Crippen molar-refractivity contribution in [1.82, 2.24) is 5.32 Å². The fourth-order valence-corrected chi connectivity index (χ4v) is 12.1. The van der Waals surface area contributed by atoms with Gasteiger partial charge in [-0.15, -0.1) is 0 Å². The van der Waals surface area contributed by atoms with Gasteiger partial charge in [-0.1, -0.05) is 183 Å². The Hall–Kier alpha value is -6.80. The van der Waals surface area contributed by atoms with E-state index in [1.807, 2.05) is 67.6 Å². The number of hydrogen-bond donors (Lipinski definition) is 12. The number of benzene rings is 3. The van der Waals surface area contributed by atoms with Gasteiger partial charge >= 0.3 is 12.1 Å². The molecule has 12 N–H and O–H groups in total. The molecule has 2 bridgehead atoms. The van der Waals surface area contributed by atoms with Crippen molar-refractivity contribution >= 4 is 23.6 Å². The first-order valence-electron chi connectivity index (χ1n) is 31.2.